The van der Waals surface area contributed by atoms with Crippen LogP contribution in [0, 0.1) is 0 Å². The molecule has 4 rings (SSSR count). The first-order chi connectivity index (χ1) is 17.0. The van der Waals surface area contributed by atoms with E-state index >= 15 is 0 Å². The molecule has 0 spiro atoms. The van der Waals surface area contributed by atoms with E-state index in [4.69, 9.17) is 18.9 Å². The van der Waals surface area contributed by atoms with Gasteiger partial charge < -0.3 is 28.7 Å². The lowest BCUT2D eigenvalue weighted by molar-refractivity contribution is -0.131. The highest BCUT2D eigenvalue weighted by Crippen LogP contribution is 2.42. The number of rotatable bonds is 10. The molecule has 0 bridgehead atoms. The van der Waals surface area contributed by atoms with Crippen LogP contribution in [0.5, 0.6) is 23.0 Å². The second-order valence-corrected chi connectivity index (χ2v) is 9.31. The average molecular weight is 483 g/mol. The maximum atomic E-state index is 13.1. The predicted octanol–water partition coefficient (Wildman–Crippen LogP) is 3.70. The molecule has 7 nitrogen and oxygen atoms in total. The van der Waals surface area contributed by atoms with Gasteiger partial charge in [-0.15, -0.1) is 0 Å². The summed E-state index contributed by atoms with van der Waals surface area (Å²) in [7, 11) is 6.67. The van der Waals surface area contributed by atoms with Crippen LogP contribution in [0.4, 0.5) is 0 Å². The number of hydrogen-bond acceptors (Lipinski definition) is 6. The molecular weight excluding hydrogens is 444 g/mol. The number of nitrogens with zero attached hydrogens (tertiary/aromatic N) is 2. The Morgan fingerprint density at radius 1 is 0.857 bits per heavy atom. The Bertz CT molecular complexity index is 1020. The molecule has 1 atom stereocenters. The van der Waals surface area contributed by atoms with Crippen LogP contribution in [0.3, 0.4) is 0 Å². The second kappa shape index (κ2) is 11.2. The van der Waals surface area contributed by atoms with Crippen molar-refractivity contribution in [3.63, 3.8) is 0 Å². The number of hydrogen-bond donors (Lipinski definition) is 0. The molecule has 0 unspecified atom stereocenters. The van der Waals surface area contributed by atoms with Crippen molar-refractivity contribution in [2.24, 2.45) is 0 Å². The lowest BCUT2D eigenvalue weighted by atomic mass is 9.77. The third kappa shape index (κ3) is 5.35. The lowest BCUT2D eigenvalue weighted by Gasteiger charge is -2.35. The van der Waals surface area contributed by atoms with Gasteiger partial charge in [0.25, 0.3) is 0 Å². The third-order valence-corrected chi connectivity index (χ3v) is 7.48. The van der Waals surface area contributed by atoms with E-state index < -0.39 is 0 Å². The van der Waals surface area contributed by atoms with Gasteiger partial charge in [0, 0.05) is 38.5 Å². The van der Waals surface area contributed by atoms with Crippen LogP contribution in [0.25, 0.3) is 0 Å². The molecule has 0 saturated heterocycles. The molecule has 0 N–H and O–H groups in total. The molecule has 35 heavy (non-hydrogen) atoms. The van der Waals surface area contributed by atoms with Gasteiger partial charge in [-0.05, 0) is 72.3 Å². The van der Waals surface area contributed by atoms with Crippen molar-refractivity contribution in [2.45, 2.75) is 38.5 Å². The van der Waals surface area contributed by atoms with Crippen LogP contribution in [-0.2, 0) is 24.1 Å². The summed E-state index contributed by atoms with van der Waals surface area (Å²) < 4.78 is 21.8. The predicted molar refractivity (Wildman–Crippen MR) is 136 cm³/mol. The summed E-state index contributed by atoms with van der Waals surface area (Å²) in [4.78, 5) is 17.5. The summed E-state index contributed by atoms with van der Waals surface area (Å²) >= 11 is 0. The highest BCUT2D eigenvalue weighted by atomic mass is 16.5. The van der Waals surface area contributed by atoms with Gasteiger partial charge in [0.15, 0.2) is 23.0 Å². The minimum atomic E-state index is 0.232. The fourth-order valence-electron chi connectivity index (χ4n) is 5.30. The van der Waals surface area contributed by atoms with Crippen LogP contribution in [0.1, 0.15) is 41.5 Å². The molecular formula is C28H38N2O5. The normalized spacial score (nSPS) is 16.6. The van der Waals surface area contributed by atoms with Crippen molar-refractivity contribution in [3.8, 4) is 23.0 Å². The van der Waals surface area contributed by atoms with E-state index in [0.717, 1.165) is 75.0 Å². The van der Waals surface area contributed by atoms with Crippen molar-refractivity contribution < 1.29 is 23.7 Å². The summed E-state index contributed by atoms with van der Waals surface area (Å²) in [5, 5.41) is 0. The zero-order valence-electron chi connectivity index (χ0n) is 21.7. The Morgan fingerprint density at radius 2 is 1.37 bits per heavy atom. The van der Waals surface area contributed by atoms with E-state index in [1.54, 1.807) is 28.4 Å². The smallest absolute Gasteiger partial charge is 0.223 e. The molecule has 1 aliphatic heterocycles. The molecule has 0 fully saturated rings. The van der Waals surface area contributed by atoms with E-state index in [1.807, 2.05) is 4.90 Å². The van der Waals surface area contributed by atoms with Crippen molar-refractivity contribution in [3.05, 3.63) is 46.5 Å². The number of benzene rings is 2. The minimum absolute atomic E-state index is 0.232. The first-order valence-corrected chi connectivity index (χ1v) is 12.5. The molecule has 1 aliphatic carbocycles. The van der Waals surface area contributed by atoms with Gasteiger partial charge in [0.1, 0.15) is 0 Å². The van der Waals surface area contributed by atoms with Gasteiger partial charge in [0.05, 0.1) is 28.4 Å². The Labute approximate surface area is 208 Å². The number of amides is 1. The summed E-state index contributed by atoms with van der Waals surface area (Å²) in [5.74, 6) is 3.77. The number of carbonyl (C=O) groups is 1. The van der Waals surface area contributed by atoms with Crippen LogP contribution in [0.2, 0.25) is 0 Å². The molecule has 2 aliphatic rings. The van der Waals surface area contributed by atoms with E-state index in [0.29, 0.717) is 12.3 Å². The molecule has 2 aromatic rings. The first-order valence-electron chi connectivity index (χ1n) is 12.5. The van der Waals surface area contributed by atoms with Gasteiger partial charge in [-0.3, -0.25) is 4.79 Å². The van der Waals surface area contributed by atoms with E-state index in [1.165, 1.54) is 22.3 Å². The lowest BCUT2D eigenvalue weighted by Crippen LogP contribution is -2.38. The molecule has 0 aromatic heterocycles. The molecule has 0 saturated carbocycles. The van der Waals surface area contributed by atoms with Gasteiger partial charge in [0.2, 0.25) is 5.91 Å². The topological polar surface area (TPSA) is 60.5 Å². The summed E-state index contributed by atoms with van der Waals surface area (Å²) in [6.07, 6.45) is 3.26. The van der Waals surface area contributed by atoms with Crippen molar-refractivity contribution >= 4 is 5.91 Å². The Morgan fingerprint density at radius 3 is 1.89 bits per heavy atom. The van der Waals surface area contributed by atoms with Gasteiger partial charge in [-0.2, -0.15) is 0 Å². The maximum absolute atomic E-state index is 13.1. The van der Waals surface area contributed by atoms with Crippen molar-refractivity contribution in [1.82, 2.24) is 9.80 Å². The standard InChI is InChI=1S/C28H38N2O5/c1-6-29(18-22-13-21-16-26(34-4)27(35-5)17-23(21)22)10-9-28(31)30-11-7-19-14-24(32-2)25(33-3)15-20(19)8-12-30/h14-17,22H,6-13,18H2,1-5H3/t22-/m1/s1. The summed E-state index contributed by atoms with van der Waals surface area (Å²) in [6.45, 7) is 6.31. The quantitative estimate of drug-likeness (QED) is 0.515. The van der Waals surface area contributed by atoms with Crippen LogP contribution in [-0.4, -0.2) is 76.9 Å². The second-order valence-electron chi connectivity index (χ2n) is 9.31. The monoisotopic (exact) mass is 482 g/mol. The fourth-order valence-corrected chi connectivity index (χ4v) is 5.30. The Hall–Kier alpha value is -2.93. The molecule has 7 heteroatoms. The first kappa shape index (κ1) is 25.2. The molecule has 1 amide bonds. The fraction of sp³-hybridized carbons (Fsp3) is 0.536. The third-order valence-electron chi connectivity index (χ3n) is 7.48. The van der Waals surface area contributed by atoms with Crippen molar-refractivity contribution in [2.75, 3.05) is 61.2 Å². The molecule has 2 aromatic carbocycles. The SMILES string of the molecule is CCN(CCC(=O)N1CCc2cc(OC)c(OC)cc2CC1)C[C@H]1Cc2cc(OC)c(OC)cc21. The Balaban J connectivity index is 1.31. The highest BCUT2D eigenvalue weighted by Gasteiger charge is 2.30. The average Bonchev–Trinajstić information content (AvgIpc) is 3.09. The van der Waals surface area contributed by atoms with Crippen molar-refractivity contribution in [1.29, 1.82) is 0 Å². The summed E-state index contributed by atoms with van der Waals surface area (Å²) in [6, 6.07) is 8.32. The summed E-state index contributed by atoms with van der Waals surface area (Å²) in [5.41, 5.74) is 5.15. The zero-order valence-corrected chi connectivity index (χ0v) is 21.7. The zero-order chi connectivity index (χ0) is 24.9. The highest BCUT2D eigenvalue weighted by molar-refractivity contribution is 5.76. The van der Waals surface area contributed by atoms with Gasteiger partial charge in [-0.25, -0.2) is 0 Å². The number of methoxy groups -OCH3 is 4. The van der Waals surface area contributed by atoms with E-state index in [2.05, 4.69) is 36.1 Å². The van der Waals surface area contributed by atoms with Crippen LogP contribution < -0.4 is 18.9 Å². The molecule has 190 valence electrons. The number of fused-ring (bicyclic) bond motifs is 2. The minimum Gasteiger partial charge on any atom is -0.493 e. The van der Waals surface area contributed by atoms with E-state index in [-0.39, 0.29) is 5.91 Å². The molecule has 1 heterocycles. The number of carbonyl (C=O) groups excluding carboxylic acids is 1. The van der Waals surface area contributed by atoms with Gasteiger partial charge >= 0.3 is 0 Å². The van der Waals surface area contributed by atoms with Crippen LogP contribution in [0.15, 0.2) is 24.3 Å². The van der Waals surface area contributed by atoms with Crippen LogP contribution >= 0.6 is 0 Å². The van der Waals surface area contributed by atoms with E-state index in [9.17, 15) is 4.79 Å². The largest absolute Gasteiger partial charge is 0.493 e. The van der Waals surface area contributed by atoms with Gasteiger partial charge in [-0.1, -0.05) is 6.92 Å². The number of likely N-dealkylation sites (N-methyl/N-ethyl adjacent to an activating group) is 1. The molecule has 0 radical (unpaired) electrons. The maximum Gasteiger partial charge on any atom is 0.223 e. The Kier molecular flexibility index (Phi) is 8.06. The number of ether oxygens (including phenoxy) is 4.